The largest absolute Gasteiger partial charge is 0.465 e. The number of ether oxygens (including phenoxy) is 1. The van der Waals surface area contributed by atoms with Crippen molar-refractivity contribution in [3.63, 3.8) is 0 Å². The fraction of sp³-hybridized carbons (Fsp3) is 0.538. The molecule has 1 aliphatic heterocycles. The van der Waals surface area contributed by atoms with Crippen LogP contribution >= 0.6 is 0 Å². The Hall–Kier alpha value is -2.18. The summed E-state index contributed by atoms with van der Waals surface area (Å²) in [7, 11) is 3.27. The molecule has 1 aromatic rings. The number of carbonyl (C=O) groups is 1. The van der Waals surface area contributed by atoms with Crippen molar-refractivity contribution in [1.82, 2.24) is 9.78 Å². The van der Waals surface area contributed by atoms with Gasteiger partial charge in [0.2, 0.25) is 0 Å². The molecule has 0 bridgehead atoms. The van der Waals surface area contributed by atoms with Gasteiger partial charge in [0.1, 0.15) is 5.41 Å². The molecule has 1 atom stereocenters. The van der Waals surface area contributed by atoms with Gasteiger partial charge in [-0.25, -0.2) is 4.68 Å². The van der Waals surface area contributed by atoms with E-state index >= 15 is 0 Å². The number of esters is 1. The van der Waals surface area contributed by atoms with E-state index in [1.54, 1.807) is 39.9 Å². The first-order chi connectivity index (χ1) is 9.33. The Balaban J connectivity index is 2.77. The van der Waals surface area contributed by atoms with Crippen molar-refractivity contribution in [2.45, 2.75) is 26.2 Å². The summed E-state index contributed by atoms with van der Waals surface area (Å²) in [6.45, 7) is 5.36. The normalized spacial score (nSPS) is 21.2. The van der Waals surface area contributed by atoms with Crippen LogP contribution in [0, 0.1) is 0 Å². The molecule has 1 aromatic heterocycles. The number of rotatable bonds is 2. The highest BCUT2D eigenvalue weighted by molar-refractivity contribution is 6.13. The number of nitrogens with zero attached hydrogens (tertiary/aromatic N) is 4. The molecular formula is C13H18N4O3. The van der Waals surface area contributed by atoms with E-state index in [9.17, 15) is 9.59 Å². The van der Waals surface area contributed by atoms with Crippen LogP contribution in [0.25, 0.3) is 0 Å². The molecule has 1 unspecified atom stereocenters. The molecule has 0 saturated carbocycles. The van der Waals surface area contributed by atoms with Crippen LogP contribution in [0.5, 0.6) is 0 Å². The van der Waals surface area contributed by atoms with Gasteiger partial charge in [-0.05, 0) is 20.8 Å². The zero-order chi connectivity index (χ0) is 15.1. The van der Waals surface area contributed by atoms with Gasteiger partial charge in [0.05, 0.1) is 29.8 Å². The molecule has 0 spiro atoms. The third-order valence-electron chi connectivity index (χ3n) is 3.67. The van der Waals surface area contributed by atoms with Crippen molar-refractivity contribution in [2.24, 2.45) is 12.1 Å². The van der Waals surface area contributed by atoms with E-state index in [0.29, 0.717) is 17.0 Å². The topological polar surface area (TPSA) is 76.8 Å². The number of hydrazone groups is 1. The van der Waals surface area contributed by atoms with Crippen LogP contribution < -0.4 is 10.6 Å². The van der Waals surface area contributed by atoms with E-state index in [4.69, 9.17) is 4.74 Å². The first-order valence-corrected chi connectivity index (χ1v) is 6.37. The maximum absolute atomic E-state index is 12.4. The lowest BCUT2D eigenvalue weighted by atomic mass is 9.77. The van der Waals surface area contributed by atoms with Gasteiger partial charge >= 0.3 is 5.97 Å². The highest BCUT2D eigenvalue weighted by atomic mass is 16.5. The van der Waals surface area contributed by atoms with E-state index < -0.39 is 11.4 Å². The highest BCUT2D eigenvalue weighted by Crippen LogP contribution is 2.35. The van der Waals surface area contributed by atoms with Gasteiger partial charge in [-0.3, -0.25) is 14.6 Å². The minimum absolute atomic E-state index is 0.248. The second-order valence-corrected chi connectivity index (χ2v) is 4.89. The molecule has 0 fully saturated rings. The van der Waals surface area contributed by atoms with Crippen LogP contribution in [0.15, 0.2) is 16.1 Å². The SMILES string of the molecule is CCOC(=O)C1(C)C(C)=NN(C)c2cnn(C)c(=O)c21. The fourth-order valence-electron chi connectivity index (χ4n) is 2.33. The van der Waals surface area contributed by atoms with E-state index in [-0.39, 0.29) is 12.2 Å². The van der Waals surface area contributed by atoms with Crippen molar-refractivity contribution in [2.75, 3.05) is 18.7 Å². The third kappa shape index (κ3) is 1.81. The number of anilines is 1. The fourth-order valence-corrected chi connectivity index (χ4v) is 2.33. The van der Waals surface area contributed by atoms with Crippen molar-refractivity contribution in [3.8, 4) is 0 Å². The molecule has 0 aromatic carbocycles. The minimum Gasteiger partial charge on any atom is -0.465 e. The van der Waals surface area contributed by atoms with E-state index in [2.05, 4.69) is 10.2 Å². The zero-order valence-corrected chi connectivity index (χ0v) is 12.3. The molecule has 20 heavy (non-hydrogen) atoms. The maximum Gasteiger partial charge on any atom is 0.322 e. The van der Waals surface area contributed by atoms with Gasteiger partial charge in [-0.2, -0.15) is 10.2 Å². The van der Waals surface area contributed by atoms with Crippen molar-refractivity contribution in [1.29, 1.82) is 0 Å². The number of aryl methyl sites for hydroxylation is 1. The summed E-state index contributed by atoms with van der Waals surface area (Å²) in [5.74, 6) is -0.473. The van der Waals surface area contributed by atoms with Crippen LogP contribution in [-0.2, 0) is 22.0 Å². The second-order valence-electron chi connectivity index (χ2n) is 4.89. The summed E-state index contributed by atoms with van der Waals surface area (Å²) in [5, 5.41) is 9.85. The Morgan fingerprint density at radius 2 is 2.10 bits per heavy atom. The summed E-state index contributed by atoms with van der Waals surface area (Å²) in [4.78, 5) is 24.8. The van der Waals surface area contributed by atoms with Gasteiger partial charge in [0.15, 0.2) is 0 Å². The van der Waals surface area contributed by atoms with E-state index in [1.807, 2.05) is 0 Å². The van der Waals surface area contributed by atoms with Crippen LogP contribution in [-0.4, -0.2) is 35.1 Å². The summed E-state index contributed by atoms with van der Waals surface area (Å²) in [5.41, 5.74) is -0.110. The van der Waals surface area contributed by atoms with Crippen LogP contribution in [0.4, 0.5) is 5.69 Å². The molecule has 0 amide bonds. The zero-order valence-electron chi connectivity index (χ0n) is 12.3. The van der Waals surface area contributed by atoms with Crippen LogP contribution in [0.1, 0.15) is 26.3 Å². The Labute approximate surface area is 116 Å². The molecule has 0 aliphatic carbocycles. The van der Waals surface area contributed by atoms with E-state index in [0.717, 1.165) is 0 Å². The Morgan fingerprint density at radius 3 is 2.70 bits per heavy atom. The lowest BCUT2D eigenvalue weighted by molar-refractivity contribution is -0.146. The molecule has 108 valence electrons. The van der Waals surface area contributed by atoms with E-state index in [1.165, 1.54) is 10.9 Å². The van der Waals surface area contributed by atoms with Crippen molar-refractivity contribution >= 4 is 17.4 Å². The van der Waals surface area contributed by atoms with Gasteiger partial charge in [0.25, 0.3) is 5.56 Å². The molecule has 7 nitrogen and oxygen atoms in total. The summed E-state index contributed by atoms with van der Waals surface area (Å²) in [6.07, 6.45) is 1.53. The molecular weight excluding hydrogens is 260 g/mol. The van der Waals surface area contributed by atoms with Gasteiger partial charge in [-0.1, -0.05) is 0 Å². The number of fused-ring (bicyclic) bond motifs is 1. The Kier molecular flexibility index (Phi) is 3.37. The molecule has 0 radical (unpaired) electrons. The summed E-state index contributed by atoms with van der Waals surface area (Å²) < 4.78 is 6.35. The standard InChI is InChI=1S/C13H18N4O3/c1-6-20-12(19)13(3)8(2)15-16(4)9-7-14-17(5)11(18)10(9)13/h7H,6H2,1-5H3. The molecule has 0 saturated heterocycles. The first kappa shape index (κ1) is 14.2. The quantitative estimate of drug-likeness (QED) is 0.733. The molecule has 0 N–H and O–H groups in total. The number of aromatic nitrogens is 2. The molecule has 2 heterocycles. The average molecular weight is 278 g/mol. The smallest absolute Gasteiger partial charge is 0.322 e. The number of hydrogen-bond acceptors (Lipinski definition) is 6. The predicted octanol–water partition coefficient (Wildman–Crippen LogP) is 0.427. The maximum atomic E-state index is 12.4. The number of hydrogen-bond donors (Lipinski definition) is 0. The highest BCUT2D eigenvalue weighted by Gasteiger charge is 2.47. The van der Waals surface area contributed by atoms with Crippen LogP contribution in [0.2, 0.25) is 0 Å². The second kappa shape index (κ2) is 4.73. The molecule has 1 aliphatic rings. The summed E-state index contributed by atoms with van der Waals surface area (Å²) in [6, 6.07) is 0. The summed E-state index contributed by atoms with van der Waals surface area (Å²) >= 11 is 0. The number of carbonyl (C=O) groups excluding carboxylic acids is 1. The van der Waals surface area contributed by atoms with Crippen molar-refractivity contribution in [3.05, 3.63) is 22.1 Å². The molecule has 7 heteroatoms. The first-order valence-electron chi connectivity index (χ1n) is 6.37. The van der Waals surface area contributed by atoms with Gasteiger partial charge in [-0.15, -0.1) is 0 Å². The van der Waals surface area contributed by atoms with Crippen molar-refractivity contribution < 1.29 is 9.53 Å². The lowest BCUT2D eigenvalue weighted by Crippen LogP contribution is -2.50. The Bertz CT molecular complexity index is 650. The van der Waals surface area contributed by atoms with Gasteiger partial charge < -0.3 is 4.74 Å². The third-order valence-corrected chi connectivity index (χ3v) is 3.67. The minimum atomic E-state index is -1.18. The van der Waals surface area contributed by atoms with Gasteiger partial charge in [0, 0.05) is 14.1 Å². The average Bonchev–Trinajstić information content (AvgIpc) is 2.39. The monoisotopic (exact) mass is 278 g/mol. The molecule has 2 rings (SSSR count). The Morgan fingerprint density at radius 1 is 1.45 bits per heavy atom. The lowest BCUT2D eigenvalue weighted by Gasteiger charge is -2.35. The van der Waals surface area contributed by atoms with Crippen LogP contribution in [0.3, 0.4) is 0 Å². The predicted molar refractivity (Wildman–Crippen MR) is 75.0 cm³/mol.